The van der Waals surface area contributed by atoms with Crippen LogP contribution in [0.2, 0.25) is 0 Å². The Morgan fingerprint density at radius 3 is 2.89 bits per heavy atom. The lowest BCUT2D eigenvalue weighted by Crippen LogP contribution is -2.54. The van der Waals surface area contributed by atoms with Gasteiger partial charge in [0.15, 0.2) is 5.60 Å². The van der Waals surface area contributed by atoms with Gasteiger partial charge in [-0.3, -0.25) is 0 Å². The van der Waals surface area contributed by atoms with E-state index in [9.17, 15) is 9.90 Å². The lowest BCUT2D eigenvalue weighted by molar-refractivity contribution is -0.177. The summed E-state index contributed by atoms with van der Waals surface area (Å²) in [5.41, 5.74) is -0.621. The van der Waals surface area contributed by atoms with Crippen LogP contribution < -0.4 is 0 Å². The normalized spacial score (nSPS) is 27.8. The molecule has 1 aliphatic heterocycles. The maximum Gasteiger partial charge on any atom is 0.342 e. The molecular weight excluding hydrogens is 347 g/mol. The molecule has 98 valence electrons. The van der Waals surface area contributed by atoms with Gasteiger partial charge in [-0.2, -0.15) is 0 Å². The van der Waals surface area contributed by atoms with Crippen molar-refractivity contribution in [3.63, 3.8) is 0 Å². The maximum absolute atomic E-state index is 11.9. The number of aliphatic hydroxyl groups is 1. The van der Waals surface area contributed by atoms with Gasteiger partial charge in [-0.25, -0.2) is 4.79 Å². The van der Waals surface area contributed by atoms with E-state index in [1.165, 1.54) is 0 Å². The van der Waals surface area contributed by atoms with Gasteiger partial charge in [0.2, 0.25) is 0 Å². The van der Waals surface area contributed by atoms with Crippen molar-refractivity contribution < 1.29 is 19.4 Å². The van der Waals surface area contributed by atoms with Crippen LogP contribution in [-0.4, -0.2) is 33.8 Å². The van der Waals surface area contributed by atoms with Crippen LogP contribution in [0.25, 0.3) is 0 Å². The molecule has 1 saturated heterocycles. The maximum atomic E-state index is 11.9. The Morgan fingerprint density at radius 1 is 1.50 bits per heavy atom. The zero-order valence-electron chi connectivity index (χ0n) is 9.84. The number of esters is 1. The average Bonchev–Trinajstić information content (AvgIpc) is 2.40. The Hall–Kier alpha value is -0.660. The zero-order chi connectivity index (χ0) is 13.0. The third-order valence-electron chi connectivity index (χ3n) is 2.92. The third kappa shape index (κ3) is 3.02. The molecule has 0 amide bonds. The van der Waals surface area contributed by atoms with Crippen molar-refractivity contribution in [2.75, 3.05) is 13.2 Å². The van der Waals surface area contributed by atoms with Crippen molar-refractivity contribution >= 4 is 28.6 Å². The summed E-state index contributed by atoms with van der Waals surface area (Å²) >= 11 is 2.07. The molecule has 5 heteroatoms. The predicted octanol–water partition coefficient (Wildman–Crippen LogP) is 1.68. The summed E-state index contributed by atoms with van der Waals surface area (Å²) in [7, 11) is 0. The van der Waals surface area contributed by atoms with Crippen LogP contribution in [0.3, 0.4) is 0 Å². The van der Waals surface area contributed by atoms with Crippen LogP contribution >= 0.6 is 22.6 Å². The van der Waals surface area contributed by atoms with Gasteiger partial charge in [0.25, 0.3) is 0 Å². The summed E-state index contributed by atoms with van der Waals surface area (Å²) in [6, 6.07) is 9.40. The first-order valence-electron chi connectivity index (χ1n) is 5.78. The van der Waals surface area contributed by atoms with Gasteiger partial charge in [0.05, 0.1) is 10.5 Å². The van der Waals surface area contributed by atoms with E-state index < -0.39 is 11.6 Å². The summed E-state index contributed by atoms with van der Waals surface area (Å²) in [5, 5.41) is 10.3. The standard InChI is InChI=1S/C13H15IO4/c14-11-6-7-17-9-13(11,16)12(15)18-8-10-4-2-1-3-5-10/h1-5,11,16H,6-9H2. The van der Waals surface area contributed by atoms with Crippen LogP contribution in [0.15, 0.2) is 30.3 Å². The lowest BCUT2D eigenvalue weighted by Gasteiger charge is -2.34. The monoisotopic (exact) mass is 362 g/mol. The highest BCUT2D eigenvalue weighted by Gasteiger charge is 2.46. The van der Waals surface area contributed by atoms with E-state index in [1.807, 2.05) is 30.3 Å². The zero-order valence-corrected chi connectivity index (χ0v) is 12.0. The minimum atomic E-state index is -1.52. The van der Waals surface area contributed by atoms with Crippen molar-refractivity contribution in [1.29, 1.82) is 0 Å². The number of alkyl halides is 1. The van der Waals surface area contributed by atoms with E-state index >= 15 is 0 Å². The predicted molar refractivity (Wildman–Crippen MR) is 74.4 cm³/mol. The van der Waals surface area contributed by atoms with E-state index in [4.69, 9.17) is 9.47 Å². The van der Waals surface area contributed by atoms with E-state index in [2.05, 4.69) is 22.6 Å². The molecule has 0 aromatic heterocycles. The molecule has 0 spiro atoms. The highest BCUT2D eigenvalue weighted by atomic mass is 127. The number of carbonyl (C=O) groups excluding carboxylic acids is 1. The highest BCUT2D eigenvalue weighted by molar-refractivity contribution is 14.1. The number of hydrogen-bond acceptors (Lipinski definition) is 4. The second-order valence-electron chi connectivity index (χ2n) is 4.29. The van der Waals surface area contributed by atoms with Gasteiger partial charge >= 0.3 is 5.97 Å². The Balaban J connectivity index is 1.95. The number of hydrogen-bond donors (Lipinski definition) is 1. The Bertz CT molecular complexity index is 409. The minimum Gasteiger partial charge on any atom is -0.459 e. The molecule has 1 aromatic carbocycles. The topological polar surface area (TPSA) is 55.8 Å². The highest BCUT2D eigenvalue weighted by Crippen LogP contribution is 2.28. The van der Waals surface area contributed by atoms with Crippen LogP contribution in [0.5, 0.6) is 0 Å². The van der Waals surface area contributed by atoms with Crippen LogP contribution in [0.4, 0.5) is 0 Å². The Morgan fingerprint density at radius 2 is 2.22 bits per heavy atom. The van der Waals surface area contributed by atoms with Gasteiger partial charge in [-0.1, -0.05) is 52.9 Å². The summed E-state index contributed by atoms with van der Waals surface area (Å²) in [6.45, 7) is 0.751. The molecule has 0 bridgehead atoms. The number of benzene rings is 1. The molecule has 1 aliphatic rings. The molecule has 18 heavy (non-hydrogen) atoms. The van der Waals surface area contributed by atoms with E-state index in [0.29, 0.717) is 13.0 Å². The van der Waals surface area contributed by atoms with Crippen molar-refractivity contribution in [1.82, 2.24) is 0 Å². The fraction of sp³-hybridized carbons (Fsp3) is 0.462. The molecule has 4 nitrogen and oxygen atoms in total. The Kier molecular flexibility index (Phi) is 4.58. The van der Waals surface area contributed by atoms with Gasteiger partial charge < -0.3 is 14.6 Å². The second kappa shape index (κ2) is 5.99. The Labute approximate surface area is 119 Å². The van der Waals surface area contributed by atoms with Crippen molar-refractivity contribution in [3.05, 3.63) is 35.9 Å². The van der Waals surface area contributed by atoms with Gasteiger partial charge in [-0.15, -0.1) is 0 Å². The van der Waals surface area contributed by atoms with Gasteiger partial charge in [0.1, 0.15) is 6.61 Å². The van der Waals surface area contributed by atoms with Crippen LogP contribution in [0, 0.1) is 0 Å². The van der Waals surface area contributed by atoms with Crippen LogP contribution in [-0.2, 0) is 20.9 Å². The SMILES string of the molecule is O=C(OCc1ccccc1)C1(O)COCCC1I. The van der Waals surface area contributed by atoms with E-state index in [1.54, 1.807) is 0 Å². The molecule has 1 heterocycles. The third-order valence-corrected chi connectivity index (χ3v) is 4.58. The quantitative estimate of drug-likeness (QED) is 0.505. The molecule has 1 N–H and O–H groups in total. The first-order chi connectivity index (χ1) is 8.63. The largest absolute Gasteiger partial charge is 0.459 e. The second-order valence-corrected chi connectivity index (χ2v) is 5.80. The molecule has 2 rings (SSSR count). The van der Waals surface area contributed by atoms with Gasteiger partial charge in [-0.05, 0) is 12.0 Å². The number of ether oxygens (including phenoxy) is 2. The number of halogens is 1. The van der Waals surface area contributed by atoms with Crippen molar-refractivity contribution in [2.45, 2.75) is 22.6 Å². The number of carbonyl (C=O) groups is 1. The van der Waals surface area contributed by atoms with E-state index in [-0.39, 0.29) is 17.1 Å². The first-order valence-corrected chi connectivity index (χ1v) is 7.03. The molecule has 1 fully saturated rings. The molecular formula is C13H15IO4. The number of rotatable bonds is 3. The van der Waals surface area contributed by atoms with Crippen molar-refractivity contribution in [2.24, 2.45) is 0 Å². The summed E-state index contributed by atoms with van der Waals surface area (Å²) in [4.78, 5) is 11.9. The molecule has 2 unspecified atom stereocenters. The smallest absolute Gasteiger partial charge is 0.342 e. The molecule has 1 aromatic rings. The molecule has 0 aliphatic carbocycles. The van der Waals surface area contributed by atoms with Crippen molar-refractivity contribution in [3.8, 4) is 0 Å². The first kappa shape index (κ1) is 13.8. The average molecular weight is 362 g/mol. The summed E-state index contributed by atoms with van der Waals surface area (Å²) in [6.07, 6.45) is 0.650. The molecule has 2 atom stereocenters. The van der Waals surface area contributed by atoms with Crippen LogP contribution in [0.1, 0.15) is 12.0 Å². The molecule has 0 radical (unpaired) electrons. The lowest BCUT2D eigenvalue weighted by atomic mass is 9.97. The van der Waals surface area contributed by atoms with Gasteiger partial charge in [0, 0.05) is 6.61 Å². The fourth-order valence-electron chi connectivity index (χ4n) is 1.78. The summed E-state index contributed by atoms with van der Waals surface area (Å²) < 4.78 is 10.2. The van der Waals surface area contributed by atoms with E-state index in [0.717, 1.165) is 5.56 Å². The summed E-state index contributed by atoms with van der Waals surface area (Å²) in [5.74, 6) is -0.606. The fourth-order valence-corrected chi connectivity index (χ4v) is 2.47. The minimum absolute atomic E-state index is 0.00816. The molecule has 0 saturated carbocycles.